The smallest absolute Gasteiger partial charge is 0.308 e. The van der Waals surface area contributed by atoms with Crippen LogP contribution in [-0.4, -0.2) is 44.8 Å². The first-order chi connectivity index (χ1) is 11.5. The van der Waals surface area contributed by atoms with Crippen LogP contribution in [0.4, 0.5) is 4.39 Å². The maximum absolute atomic E-state index is 13.0. The minimum absolute atomic E-state index is 0.0324. The van der Waals surface area contributed by atoms with E-state index in [9.17, 15) is 18.8 Å². The first-order valence-corrected chi connectivity index (χ1v) is 7.34. The van der Waals surface area contributed by atoms with Gasteiger partial charge in [-0.3, -0.25) is 14.4 Å². The summed E-state index contributed by atoms with van der Waals surface area (Å²) in [6.07, 6.45) is 0.388. The number of carboxylic acids is 1. The molecule has 2 heterocycles. The first kappa shape index (κ1) is 15.9. The van der Waals surface area contributed by atoms with Crippen molar-refractivity contribution in [3.63, 3.8) is 0 Å². The molecule has 124 valence electrons. The van der Waals surface area contributed by atoms with Gasteiger partial charge < -0.3 is 10.0 Å². The second-order valence-electron chi connectivity index (χ2n) is 5.52. The Morgan fingerprint density at radius 3 is 2.50 bits per heavy atom. The van der Waals surface area contributed by atoms with E-state index in [1.54, 1.807) is 0 Å². The second-order valence-corrected chi connectivity index (χ2v) is 5.52. The average molecular weight is 331 g/mol. The number of hydrogen-bond donors (Lipinski definition) is 1. The number of carbonyl (C=O) groups is 2. The number of benzene rings is 1. The zero-order chi connectivity index (χ0) is 17.3. The molecule has 3 rings (SSSR count). The van der Waals surface area contributed by atoms with E-state index in [0.29, 0.717) is 18.7 Å². The van der Waals surface area contributed by atoms with Crippen LogP contribution in [0.25, 0.3) is 5.69 Å². The van der Waals surface area contributed by atoms with Crippen LogP contribution in [0.5, 0.6) is 0 Å². The first-order valence-electron chi connectivity index (χ1n) is 7.34. The maximum Gasteiger partial charge on any atom is 0.308 e. The van der Waals surface area contributed by atoms with Crippen LogP contribution in [0.1, 0.15) is 16.9 Å². The second kappa shape index (κ2) is 6.23. The summed E-state index contributed by atoms with van der Waals surface area (Å²) >= 11 is 0. The van der Waals surface area contributed by atoms with Crippen molar-refractivity contribution in [1.29, 1.82) is 0 Å². The topological polar surface area (TPSA) is 92.5 Å². The van der Waals surface area contributed by atoms with E-state index in [-0.39, 0.29) is 12.2 Å². The van der Waals surface area contributed by atoms with E-state index in [0.717, 1.165) is 4.68 Å². The molecule has 1 N–H and O–H groups in total. The van der Waals surface area contributed by atoms with Gasteiger partial charge in [0.15, 0.2) is 0 Å². The Labute approximate surface area is 135 Å². The van der Waals surface area contributed by atoms with Gasteiger partial charge in [-0.1, -0.05) is 0 Å². The largest absolute Gasteiger partial charge is 0.481 e. The Kier molecular flexibility index (Phi) is 4.11. The zero-order valence-electron chi connectivity index (χ0n) is 12.6. The molecule has 1 aromatic carbocycles. The molecule has 1 aliphatic heterocycles. The molecule has 1 amide bonds. The van der Waals surface area contributed by atoms with Crippen LogP contribution in [0.15, 0.2) is 41.2 Å². The van der Waals surface area contributed by atoms with Crippen LogP contribution in [-0.2, 0) is 4.79 Å². The quantitative estimate of drug-likeness (QED) is 0.903. The fraction of sp³-hybridized carbons (Fsp3) is 0.250. The number of halogens is 1. The third kappa shape index (κ3) is 3.03. The van der Waals surface area contributed by atoms with Gasteiger partial charge >= 0.3 is 5.97 Å². The van der Waals surface area contributed by atoms with E-state index in [1.807, 2.05) is 0 Å². The van der Waals surface area contributed by atoms with Crippen molar-refractivity contribution in [1.82, 2.24) is 14.7 Å². The molecule has 0 spiro atoms. The molecule has 1 fully saturated rings. The van der Waals surface area contributed by atoms with Gasteiger partial charge in [0.2, 0.25) is 0 Å². The van der Waals surface area contributed by atoms with Gasteiger partial charge in [-0.15, -0.1) is 0 Å². The van der Waals surface area contributed by atoms with Crippen LogP contribution in [0, 0.1) is 11.7 Å². The van der Waals surface area contributed by atoms with Gasteiger partial charge in [0.1, 0.15) is 11.5 Å². The average Bonchev–Trinajstić information content (AvgIpc) is 3.06. The van der Waals surface area contributed by atoms with E-state index >= 15 is 0 Å². The van der Waals surface area contributed by atoms with Gasteiger partial charge in [0.05, 0.1) is 11.6 Å². The molecular formula is C16H14FN3O4. The van der Waals surface area contributed by atoms with E-state index < -0.39 is 29.2 Å². The number of likely N-dealkylation sites (tertiary alicyclic amines) is 1. The number of nitrogens with zero attached hydrogens (tertiary/aromatic N) is 3. The van der Waals surface area contributed by atoms with Crippen molar-refractivity contribution in [2.45, 2.75) is 6.42 Å². The Bertz CT molecular complexity index is 847. The zero-order valence-corrected chi connectivity index (χ0v) is 12.6. The number of aliphatic carboxylic acids is 1. The standard InChI is InChI=1S/C16H14FN3O4/c17-11-1-3-12(4-2-11)20-14(21)6-5-13(18-20)15(22)19-8-7-10(9-19)16(23)24/h1-6,10H,7-9H2,(H,23,24)/t10-/m1/s1. The molecule has 1 atom stereocenters. The minimum atomic E-state index is -0.936. The highest BCUT2D eigenvalue weighted by Gasteiger charge is 2.32. The number of amides is 1. The van der Waals surface area contributed by atoms with E-state index in [4.69, 9.17) is 5.11 Å². The fourth-order valence-electron chi connectivity index (χ4n) is 2.60. The van der Waals surface area contributed by atoms with Crippen LogP contribution in [0.2, 0.25) is 0 Å². The molecule has 1 saturated heterocycles. The molecule has 0 radical (unpaired) electrons. The highest BCUT2D eigenvalue weighted by Crippen LogP contribution is 2.18. The summed E-state index contributed by atoms with van der Waals surface area (Å²) in [6.45, 7) is 0.443. The van der Waals surface area contributed by atoms with Crippen molar-refractivity contribution >= 4 is 11.9 Å². The Morgan fingerprint density at radius 2 is 1.88 bits per heavy atom. The van der Waals surface area contributed by atoms with Gasteiger partial charge in [-0.25, -0.2) is 4.39 Å². The maximum atomic E-state index is 13.0. The number of rotatable bonds is 3. The predicted octanol–water partition coefficient (Wildman–Crippen LogP) is 0.918. The lowest BCUT2D eigenvalue weighted by Crippen LogP contribution is -2.32. The molecule has 0 unspecified atom stereocenters. The molecule has 2 aromatic rings. The normalized spacial score (nSPS) is 17.0. The van der Waals surface area contributed by atoms with Crippen molar-refractivity contribution in [2.75, 3.05) is 13.1 Å². The van der Waals surface area contributed by atoms with E-state index in [2.05, 4.69) is 5.10 Å². The molecular weight excluding hydrogens is 317 g/mol. The SMILES string of the molecule is O=C(O)[C@@H]1CCN(C(=O)c2ccc(=O)n(-c3ccc(F)cc3)n2)C1. The van der Waals surface area contributed by atoms with Crippen molar-refractivity contribution in [2.24, 2.45) is 5.92 Å². The van der Waals surface area contributed by atoms with Crippen molar-refractivity contribution < 1.29 is 19.1 Å². The lowest BCUT2D eigenvalue weighted by molar-refractivity contribution is -0.141. The van der Waals surface area contributed by atoms with Gasteiger partial charge in [-0.2, -0.15) is 9.78 Å². The molecule has 1 aliphatic rings. The third-order valence-electron chi connectivity index (χ3n) is 3.92. The van der Waals surface area contributed by atoms with Crippen molar-refractivity contribution in [3.05, 3.63) is 58.3 Å². The summed E-state index contributed by atoms with van der Waals surface area (Å²) in [5.74, 6) is -2.41. The van der Waals surface area contributed by atoms with Crippen LogP contribution >= 0.6 is 0 Å². The third-order valence-corrected chi connectivity index (χ3v) is 3.92. The summed E-state index contributed by atoms with van der Waals surface area (Å²) in [5, 5.41) is 13.0. The molecule has 0 bridgehead atoms. The van der Waals surface area contributed by atoms with Gasteiger partial charge in [0.25, 0.3) is 11.5 Å². The Morgan fingerprint density at radius 1 is 1.17 bits per heavy atom. The number of carbonyl (C=O) groups excluding carboxylic acids is 1. The molecule has 7 nitrogen and oxygen atoms in total. The van der Waals surface area contributed by atoms with Gasteiger partial charge in [-0.05, 0) is 36.8 Å². The number of aromatic nitrogens is 2. The Hall–Kier alpha value is -3.03. The summed E-state index contributed by atoms with van der Waals surface area (Å²) in [4.78, 5) is 36.8. The molecule has 1 aromatic heterocycles. The molecule has 24 heavy (non-hydrogen) atoms. The monoisotopic (exact) mass is 331 g/mol. The van der Waals surface area contributed by atoms with Gasteiger partial charge in [0, 0.05) is 19.2 Å². The van der Waals surface area contributed by atoms with Crippen LogP contribution < -0.4 is 5.56 Å². The van der Waals surface area contributed by atoms with Crippen LogP contribution in [0.3, 0.4) is 0 Å². The number of carboxylic acid groups (broad SMARTS) is 1. The predicted molar refractivity (Wildman–Crippen MR) is 81.4 cm³/mol. The fourth-order valence-corrected chi connectivity index (χ4v) is 2.60. The van der Waals surface area contributed by atoms with Crippen molar-refractivity contribution in [3.8, 4) is 5.69 Å². The lowest BCUT2D eigenvalue weighted by atomic mass is 10.1. The summed E-state index contributed by atoms with van der Waals surface area (Å²) in [5.41, 5.74) is -0.0890. The molecule has 8 heteroatoms. The minimum Gasteiger partial charge on any atom is -0.481 e. The summed E-state index contributed by atoms with van der Waals surface area (Å²) < 4.78 is 14.0. The number of hydrogen-bond acceptors (Lipinski definition) is 4. The lowest BCUT2D eigenvalue weighted by Gasteiger charge is -2.15. The highest BCUT2D eigenvalue weighted by atomic mass is 19.1. The summed E-state index contributed by atoms with van der Waals surface area (Å²) in [6, 6.07) is 7.65. The molecule has 0 aliphatic carbocycles. The summed E-state index contributed by atoms with van der Waals surface area (Å²) in [7, 11) is 0. The Balaban J connectivity index is 1.88. The van der Waals surface area contributed by atoms with E-state index in [1.165, 1.54) is 41.3 Å². The highest BCUT2D eigenvalue weighted by molar-refractivity contribution is 5.92. The molecule has 0 saturated carbocycles.